The molecule has 3 aromatic rings. The molecule has 1 fully saturated rings. The van der Waals surface area contributed by atoms with Crippen molar-refractivity contribution < 1.29 is 9.18 Å². The van der Waals surface area contributed by atoms with Crippen LogP contribution in [0.25, 0.3) is 21.2 Å². The molecule has 1 saturated heterocycles. The highest BCUT2D eigenvalue weighted by atomic mass is 32.1. The second-order valence-electron chi connectivity index (χ2n) is 7.71. The molecule has 1 aromatic heterocycles. The summed E-state index contributed by atoms with van der Waals surface area (Å²) in [5.41, 5.74) is 1.98. The lowest BCUT2D eigenvalue weighted by atomic mass is 10.0. The maximum Gasteiger partial charge on any atom is 0.263 e. The van der Waals surface area contributed by atoms with Crippen molar-refractivity contribution in [2.45, 2.75) is 0 Å². The molecule has 1 aliphatic heterocycles. The third-order valence-corrected chi connectivity index (χ3v) is 6.71. The summed E-state index contributed by atoms with van der Waals surface area (Å²) < 4.78 is 14.4. The van der Waals surface area contributed by atoms with Gasteiger partial charge in [0.25, 0.3) is 5.91 Å². The van der Waals surface area contributed by atoms with Crippen LogP contribution in [0.1, 0.15) is 9.67 Å². The predicted molar refractivity (Wildman–Crippen MR) is 118 cm³/mol. The molecular formula is C23H26FN3OS. The first kappa shape index (κ1) is 20.0. The molecule has 2 heterocycles. The van der Waals surface area contributed by atoms with Gasteiger partial charge in [0.2, 0.25) is 0 Å². The topological polar surface area (TPSA) is 26.8 Å². The molecule has 4 nitrogen and oxygen atoms in total. The van der Waals surface area contributed by atoms with Crippen LogP contribution < -0.4 is 0 Å². The quantitative estimate of drug-likeness (QED) is 0.634. The Morgan fingerprint density at radius 1 is 1.10 bits per heavy atom. The average molecular weight is 412 g/mol. The van der Waals surface area contributed by atoms with E-state index in [2.05, 4.69) is 16.8 Å². The highest BCUT2D eigenvalue weighted by Crippen LogP contribution is 2.34. The fourth-order valence-electron chi connectivity index (χ4n) is 3.70. The number of rotatable bonds is 5. The van der Waals surface area contributed by atoms with Gasteiger partial charge in [-0.2, -0.15) is 0 Å². The van der Waals surface area contributed by atoms with E-state index in [1.165, 1.54) is 23.5 Å². The summed E-state index contributed by atoms with van der Waals surface area (Å²) in [5.74, 6) is -0.186. The van der Waals surface area contributed by atoms with E-state index in [1.54, 1.807) is 12.1 Å². The largest absolute Gasteiger partial charge is 0.340 e. The molecule has 0 aliphatic carbocycles. The number of carbonyl (C=O) groups is 1. The molecule has 0 atom stereocenters. The molecule has 0 bridgehead atoms. The Kier molecular flexibility index (Phi) is 5.94. The number of halogens is 1. The van der Waals surface area contributed by atoms with Gasteiger partial charge in [0.1, 0.15) is 5.82 Å². The van der Waals surface area contributed by atoms with Crippen LogP contribution in [0.4, 0.5) is 4.39 Å². The number of carbonyl (C=O) groups excluding carboxylic acids is 1. The van der Waals surface area contributed by atoms with Gasteiger partial charge >= 0.3 is 0 Å². The number of likely N-dealkylation sites (N-methyl/N-ethyl adjacent to an activating group) is 2. The summed E-state index contributed by atoms with van der Waals surface area (Å²) in [4.78, 5) is 20.3. The molecule has 1 aliphatic rings. The van der Waals surface area contributed by atoms with Crippen molar-refractivity contribution in [3.05, 3.63) is 59.2 Å². The summed E-state index contributed by atoms with van der Waals surface area (Å²) in [5, 5.41) is 1.04. The van der Waals surface area contributed by atoms with Crippen LogP contribution in [-0.2, 0) is 0 Å². The van der Waals surface area contributed by atoms with E-state index in [0.29, 0.717) is 0 Å². The second kappa shape index (κ2) is 8.61. The molecule has 0 saturated carbocycles. The van der Waals surface area contributed by atoms with Crippen molar-refractivity contribution in [1.29, 1.82) is 0 Å². The SMILES string of the molecule is CN1CCN(CCN(C)C(=O)c2cc3c(-c4ccc(F)cc4)cccc3s2)CC1. The average Bonchev–Trinajstić information content (AvgIpc) is 3.17. The van der Waals surface area contributed by atoms with Crippen LogP contribution in [0.2, 0.25) is 0 Å². The number of fused-ring (bicyclic) bond motifs is 1. The van der Waals surface area contributed by atoms with E-state index in [1.807, 2.05) is 36.2 Å². The number of benzene rings is 2. The Bertz CT molecular complexity index is 993. The van der Waals surface area contributed by atoms with Gasteiger partial charge in [0, 0.05) is 56.4 Å². The number of hydrogen-bond donors (Lipinski definition) is 0. The van der Waals surface area contributed by atoms with Crippen molar-refractivity contribution in [2.75, 3.05) is 53.4 Å². The zero-order chi connectivity index (χ0) is 20.4. The smallest absolute Gasteiger partial charge is 0.263 e. The molecule has 0 N–H and O–H groups in total. The number of amides is 1. The van der Waals surface area contributed by atoms with Crippen molar-refractivity contribution in [1.82, 2.24) is 14.7 Å². The number of hydrogen-bond acceptors (Lipinski definition) is 4. The van der Waals surface area contributed by atoms with Crippen LogP contribution in [0, 0.1) is 5.82 Å². The fourth-order valence-corrected chi connectivity index (χ4v) is 4.78. The molecule has 2 aromatic carbocycles. The summed E-state index contributed by atoms with van der Waals surface area (Å²) in [6, 6.07) is 14.5. The molecule has 0 unspecified atom stereocenters. The van der Waals surface area contributed by atoms with E-state index < -0.39 is 0 Å². The van der Waals surface area contributed by atoms with E-state index >= 15 is 0 Å². The molecule has 1 amide bonds. The minimum atomic E-state index is -0.246. The van der Waals surface area contributed by atoms with Crippen LogP contribution in [0.15, 0.2) is 48.5 Å². The third kappa shape index (κ3) is 4.50. The van der Waals surface area contributed by atoms with E-state index in [4.69, 9.17) is 0 Å². The summed E-state index contributed by atoms with van der Waals surface area (Å²) >= 11 is 1.52. The zero-order valence-corrected chi connectivity index (χ0v) is 17.7. The van der Waals surface area contributed by atoms with E-state index in [0.717, 1.165) is 65.4 Å². The van der Waals surface area contributed by atoms with Gasteiger partial charge < -0.3 is 9.80 Å². The number of thiophene rings is 1. The van der Waals surface area contributed by atoms with Crippen molar-refractivity contribution in [2.24, 2.45) is 0 Å². The maximum atomic E-state index is 13.3. The van der Waals surface area contributed by atoms with E-state index in [-0.39, 0.29) is 11.7 Å². The molecule has 4 rings (SSSR count). The highest BCUT2D eigenvalue weighted by molar-refractivity contribution is 7.20. The zero-order valence-electron chi connectivity index (χ0n) is 16.9. The molecule has 29 heavy (non-hydrogen) atoms. The van der Waals surface area contributed by atoms with Gasteiger partial charge in [-0.05, 0) is 42.4 Å². The summed E-state index contributed by atoms with van der Waals surface area (Å²) in [6.07, 6.45) is 0. The van der Waals surface area contributed by atoms with Crippen LogP contribution in [-0.4, -0.2) is 74.0 Å². The monoisotopic (exact) mass is 411 g/mol. The summed E-state index contributed by atoms with van der Waals surface area (Å²) in [6.45, 7) is 5.91. The lowest BCUT2D eigenvalue weighted by Gasteiger charge is -2.33. The fraction of sp³-hybridized carbons (Fsp3) is 0.348. The Hall–Kier alpha value is -2.28. The first-order valence-corrected chi connectivity index (χ1v) is 10.8. The summed E-state index contributed by atoms with van der Waals surface area (Å²) in [7, 11) is 4.03. The predicted octanol–water partition coefficient (Wildman–Crippen LogP) is 4.03. The van der Waals surface area contributed by atoms with Gasteiger partial charge in [0.05, 0.1) is 4.88 Å². The standard InChI is InChI=1S/C23H26FN3OS/c1-25-10-13-27(14-11-25)15-12-26(2)23(28)22-16-20-19(4-3-5-21(20)29-22)17-6-8-18(24)9-7-17/h3-9,16H,10-15H2,1-2H3. The van der Waals surface area contributed by atoms with Crippen LogP contribution >= 0.6 is 11.3 Å². The second-order valence-corrected chi connectivity index (χ2v) is 8.79. The molecule has 6 heteroatoms. The lowest BCUT2D eigenvalue weighted by molar-refractivity contribution is 0.0764. The van der Waals surface area contributed by atoms with Crippen molar-refractivity contribution >= 4 is 27.3 Å². The Morgan fingerprint density at radius 2 is 1.83 bits per heavy atom. The Labute approximate surface area is 175 Å². The number of piperazine rings is 1. The van der Waals surface area contributed by atoms with Crippen LogP contribution in [0.5, 0.6) is 0 Å². The van der Waals surface area contributed by atoms with E-state index in [9.17, 15) is 9.18 Å². The molecule has 152 valence electrons. The van der Waals surface area contributed by atoms with Crippen LogP contribution in [0.3, 0.4) is 0 Å². The Morgan fingerprint density at radius 3 is 2.55 bits per heavy atom. The lowest BCUT2D eigenvalue weighted by Crippen LogP contribution is -2.47. The molecule has 0 radical (unpaired) electrons. The third-order valence-electron chi connectivity index (χ3n) is 5.62. The van der Waals surface area contributed by atoms with Gasteiger partial charge in [-0.3, -0.25) is 9.69 Å². The first-order valence-electron chi connectivity index (χ1n) is 9.96. The molecule has 0 spiro atoms. The Balaban J connectivity index is 1.49. The van der Waals surface area contributed by atoms with Gasteiger partial charge in [-0.15, -0.1) is 11.3 Å². The number of nitrogens with zero attached hydrogens (tertiary/aromatic N) is 3. The van der Waals surface area contributed by atoms with Gasteiger partial charge in [0.15, 0.2) is 0 Å². The minimum absolute atomic E-state index is 0.0605. The van der Waals surface area contributed by atoms with Crippen molar-refractivity contribution in [3.63, 3.8) is 0 Å². The molecular weight excluding hydrogens is 385 g/mol. The van der Waals surface area contributed by atoms with Crippen molar-refractivity contribution in [3.8, 4) is 11.1 Å². The maximum absolute atomic E-state index is 13.3. The van der Waals surface area contributed by atoms with Gasteiger partial charge in [-0.25, -0.2) is 4.39 Å². The highest BCUT2D eigenvalue weighted by Gasteiger charge is 2.19. The van der Waals surface area contributed by atoms with Gasteiger partial charge in [-0.1, -0.05) is 24.3 Å². The minimum Gasteiger partial charge on any atom is -0.340 e. The first-order chi connectivity index (χ1) is 14.0. The normalized spacial score (nSPS) is 15.7.